The Hall–Kier alpha value is -2.49. The molecule has 7 nitrogen and oxygen atoms in total. The number of para-hydroxylation sites is 1. The van der Waals surface area contributed by atoms with Gasteiger partial charge in [-0.1, -0.05) is 12.1 Å². The van der Waals surface area contributed by atoms with Crippen LogP contribution in [0.1, 0.15) is 16.3 Å². The quantitative estimate of drug-likeness (QED) is 0.724. The second-order valence-electron chi connectivity index (χ2n) is 5.75. The summed E-state index contributed by atoms with van der Waals surface area (Å²) in [5, 5.41) is 16.2. The Kier molecular flexibility index (Phi) is 4.94. The zero-order valence-corrected chi connectivity index (χ0v) is 16.1. The number of hydrogen-bond donors (Lipinski definition) is 1. The summed E-state index contributed by atoms with van der Waals surface area (Å²) in [6.45, 7) is 1.99. The van der Waals surface area contributed by atoms with Gasteiger partial charge in [-0.15, -0.1) is 20.5 Å². The molecule has 0 aliphatic rings. The molecule has 0 atom stereocenters. The van der Waals surface area contributed by atoms with Gasteiger partial charge >= 0.3 is 10.2 Å². The molecule has 0 saturated heterocycles. The zero-order valence-electron chi connectivity index (χ0n) is 14.5. The molecule has 136 valence electrons. The second-order valence-corrected chi connectivity index (χ2v) is 8.66. The van der Waals surface area contributed by atoms with E-state index in [1.54, 1.807) is 35.6 Å². The third kappa shape index (κ3) is 3.41. The van der Waals surface area contributed by atoms with Gasteiger partial charge in [0.05, 0.1) is 5.56 Å². The fourth-order valence-corrected chi connectivity index (χ4v) is 3.90. The summed E-state index contributed by atoms with van der Waals surface area (Å²) in [5.41, 5.74) is 1.41. The molecule has 0 fully saturated rings. The molecule has 0 unspecified atom stereocenters. The summed E-state index contributed by atoms with van der Waals surface area (Å²) in [7, 11) is -1.07. The summed E-state index contributed by atoms with van der Waals surface area (Å²) in [5.74, 6) is 0.223. The molecule has 2 aromatic heterocycles. The first-order valence-corrected chi connectivity index (χ1v) is 9.99. The molecule has 0 spiro atoms. The maximum Gasteiger partial charge on any atom is 0.324 e. The molecule has 0 saturated carbocycles. The monoisotopic (exact) mass is 390 g/mol. The summed E-state index contributed by atoms with van der Waals surface area (Å²) >= 11 is 1.57. The van der Waals surface area contributed by atoms with Crippen LogP contribution in [-0.4, -0.2) is 46.1 Å². The Morgan fingerprint density at radius 1 is 1.19 bits per heavy atom. The normalized spacial score (nSPS) is 12.3. The van der Waals surface area contributed by atoms with E-state index in [4.69, 9.17) is 0 Å². The van der Waals surface area contributed by atoms with Crippen molar-refractivity contribution in [1.29, 1.82) is 0 Å². The Balaban J connectivity index is 2.14. The van der Waals surface area contributed by atoms with Crippen LogP contribution in [0.5, 0.6) is 5.75 Å². The topological polar surface area (TPSA) is 88.3 Å². The number of thiophene rings is 1. The maximum absolute atomic E-state index is 12.6. The average Bonchev–Trinajstić information content (AvgIpc) is 3.20. The van der Waals surface area contributed by atoms with Gasteiger partial charge in [0.1, 0.15) is 5.75 Å². The van der Waals surface area contributed by atoms with E-state index >= 15 is 0 Å². The minimum atomic E-state index is -3.90. The van der Waals surface area contributed by atoms with Crippen LogP contribution in [0.4, 0.5) is 0 Å². The Labute approximate surface area is 156 Å². The van der Waals surface area contributed by atoms with Crippen LogP contribution in [0.25, 0.3) is 23.5 Å². The Morgan fingerprint density at radius 3 is 2.54 bits per heavy atom. The Morgan fingerprint density at radius 2 is 1.92 bits per heavy atom. The number of aromatic hydroxyl groups is 1. The van der Waals surface area contributed by atoms with Gasteiger partial charge in [0.2, 0.25) is 0 Å². The lowest BCUT2D eigenvalue weighted by Gasteiger charge is -2.12. The van der Waals surface area contributed by atoms with Gasteiger partial charge in [0.15, 0.2) is 11.6 Å². The van der Waals surface area contributed by atoms with Crippen LogP contribution in [-0.2, 0) is 10.2 Å². The molecule has 1 aromatic carbocycles. The molecular formula is C17H18N4O3S2. The van der Waals surface area contributed by atoms with Gasteiger partial charge in [0, 0.05) is 19.0 Å². The summed E-state index contributed by atoms with van der Waals surface area (Å²) < 4.78 is 27.1. The molecule has 26 heavy (non-hydrogen) atoms. The van der Waals surface area contributed by atoms with Crippen molar-refractivity contribution in [2.24, 2.45) is 0 Å². The number of nitrogens with zero attached hydrogens (tertiary/aromatic N) is 4. The minimum Gasteiger partial charge on any atom is -0.507 e. The molecule has 2 heterocycles. The molecule has 1 N–H and O–H groups in total. The van der Waals surface area contributed by atoms with E-state index in [-0.39, 0.29) is 23.0 Å². The third-order valence-electron chi connectivity index (χ3n) is 3.71. The van der Waals surface area contributed by atoms with E-state index in [0.717, 1.165) is 18.8 Å². The lowest BCUT2D eigenvalue weighted by molar-refractivity contribution is 0.476. The van der Waals surface area contributed by atoms with Gasteiger partial charge in [-0.2, -0.15) is 12.7 Å². The van der Waals surface area contributed by atoms with Crippen molar-refractivity contribution in [3.8, 4) is 17.1 Å². The predicted octanol–water partition coefficient (Wildman–Crippen LogP) is 2.85. The molecule has 0 amide bonds. The van der Waals surface area contributed by atoms with Crippen LogP contribution in [0.15, 0.2) is 35.7 Å². The number of rotatable bonds is 5. The average molecular weight is 390 g/mol. The first-order valence-electron chi connectivity index (χ1n) is 7.71. The molecule has 3 rings (SSSR count). The third-order valence-corrected chi connectivity index (χ3v) is 6.30. The van der Waals surface area contributed by atoms with E-state index in [1.165, 1.54) is 20.2 Å². The van der Waals surface area contributed by atoms with Gasteiger partial charge in [0.25, 0.3) is 0 Å². The second kappa shape index (κ2) is 7.02. The SMILES string of the molecule is Cc1ccsc1C=Cc1nc(-c2ccccc2O)n(S(=O)(=O)N(C)C)n1. The fourth-order valence-electron chi connectivity index (χ4n) is 2.23. The largest absolute Gasteiger partial charge is 0.507 e. The summed E-state index contributed by atoms with van der Waals surface area (Å²) in [4.78, 5) is 5.37. The molecule has 0 aliphatic heterocycles. The first-order chi connectivity index (χ1) is 12.3. The van der Waals surface area contributed by atoms with Crippen molar-refractivity contribution in [3.05, 3.63) is 52.0 Å². The van der Waals surface area contributed by atoms with Gasteiger partial charge in [-0.3, -0.25) is 0 Å². The van der Waals surface area contributed by atoms with Crippen molar-refractivity contribution >= 4 is 33.7 Å². The number of hydrogen-bond acceptors (Lipinski definition) is 6. The molecule has 0 bridgehead atoms. The van der Waals surface area contributed by atoms with E-state index in [0.29, 0.717) is 0 Å². The first kappa shape index (κ1) is 18.3. The van der Waals surface area contributed by atoms with Crippen LogP contribution in [0.3, 0.4) is 0 Å². The van der Waals surface area contributed by atoms with E-state index in [1.807, 2.05) is 24.4 Å². The zero-order chi connectivity index (χ0) is 18.9. The molecule has 3 aromatic rings. The maximum atomic E-state index is 12.6. The number of phenols is 1. The Bertz CT molecular complexity index is 1070. The minimum absolute atomic E-state index is 0.0550. The number of benzene rings is 1. The van der Waals surface area contributed by atoms with Crippen LogP contribution in [0.2, 0.25) is 0 Å². The molecule has 0 aliphatic carbocycles. The highest BCUT2D eigenvalue weighted by molar-refractivity contribution is 7.87. The van der Waals surface area contributed by atoms with E-state index in [2.05, 4.69) is 10.1 Å². The van der Waals surface area contributed by atoms with Crippen molar-refractivity contribution in [1.82, 2.24) is 18.5 Å². The standard InChI is InChI=1S/C17H18N4O3S2/c1-12-10-11-25-15(12)8-9-16-18-17(13-6-4-5-7-14(13)22)21(19-16)26(23,24)20(2)3/h4-11,22H,1-3H3. The van der Waals surface area contributed by atoms with Crippen LogP contribution in [0, 0.1) is 6.92 Å². The highest BCUT2D eigenvalue weighted by Crippen LogP contribution is 2.29. The van der Waals surface area contributed by atoms with Crippen molar-refractivity contribution in [2.75, 3.05) is 14.1 Å². The highest BCUT2D eigenvalue weighted by atomic mass is 32.2. The van der Waals surface area contributed by atoms with Crippen molar-refractivity contribution < 1.29 is 13.5 Å². The van der Waals surface area contributed by atoms with Crippen molar-refractivity contribution in [3.63, 3.8) is 0 Å². The number of phenolic OH excluding ortho intramolecular Hbond substituents is 1. The molecule has 0 radical (unpaired) electrons. The van der Waals surface area contributed by atoms with Crippen LogP contribution >= 0.6 is 11.3 Å². The lowest BCUT2D eigenvalue weighted by Crippen LogP contribution is -2.30. The van der Waals surface area contributed by atoms with Crippen LogP contribution < -0.4 is 0 Å². The molecule has 9 heteroatoms. The smallest absolute Gasteiger partial charge is 0.324 e. The van der Waals surface area contributed by atoms with E-state index < -0.39 is 10.2 Å². The summed E-state index contributed by atoms with van der Waals surface area (Å²) in [6, 6.07) is 8.42. The number of aryl methyl sites for hydroxylation is 1. The van der Waals surface area contributed by atoms with Crippen molar-refractivity contribution in [2.45, 2.75) is 6.92 Å². The van der Waals surface area contributed by atoms with Gasteiger partial charge in [-0.25, -0.2) is 4.98 Å². The highest BCUT2D eigenvalue weighted by Gasteiger charge is 2.25. The fraction of sp³-hybridized carbons (Fsp3) is 0.176. The lowest BCUT2D eigenvalue weighted by atomic mass is 10.2. The predicted molar refractivity (Wildman–Crippen MR) is 103 cm³/mol. The number of aromatic nitrogens is 3. The van der Waals surface area contributed by atoms with Gasteiger partial charge in [-0.05, 0) is 48.2 Å². The van der Waals surface area contributed by atoms with E-state index in [9.17, 15) is 13.5 Å². The summed E-state index contributed by atoms with van der Waals surface area (Å²) in [6.07, 6.45) is 3.50. The molecular weight excluding hydrogens is 372 g/mol. The van der Waals surface area contributed by atoms with Gasteiger partial charge < -0.3 is 5.11 Å².